The molecule has 0 bridgehead atoms. The van der Waals surface area contributed by atoms with Crippen molar-refractivity contribution in [3.05, 3.63) is 0 Å². The lowest BCUT2D eigenvalue weighted by Gasteiger charge is -2.47. The Hall–Kier alpha value is -0.170. The van der Waals surface area contributed by atoms with Gasteiger partial charge in [0, 0.05) is 32.1 Å². The van der Waals surface area contributed by atoms with Gasteiger partial charge in [-0.2, -0.15) is 17.0 Å². The van der Waals surface area contributed by atoms with Gasteiger partial charge in [-0.25, -0.2) is 0 Å². The smallest absolute Gasteiger partial charge is 0.281 e. The van der Waals surface area contributed by atoms with Crippen molar-refractivity contribution < 1.29 is 13.5 Å². The molecule has 2 unspecified atom stereocenters. The van der Waals surface area contributed by atoms with Gasteiger partial charge in [0.1, 0.15) is 0 Å². The zero-order chi connectivity index (χ0) is 15.5. The lowest BCUT2D eigenvalue weighted by Crippen LogP contribution is -2.57. The summed E-state index contributed by atoms with van der Waals surface area (Å²) in [5.41, 5.74) is -0.620. The molecule has 1 saturated carbocycles. The van der Waals surface area contributed by atoms with E-state index in [1.807, 2.05) is 13.8 Å². The Balaban J connectivity index is 2.10. The van der Waals surface area contributed by atoms with E-state index < -0.39 is 15.8 Å². The summed E-state index contributed by atoms with van der Waals surface area (Å²) in [4.78, 5) is 0. The first-order valence-electron chi connectivity index (χ1n) is 8.41. The van der Waals surface area contributed by atoms with Gasteiger partial charge < -0.3 is 5.11 Å². The third kappa shape index (κ3) is 3.60. The average molecular weight is 318 g/mol. The fourth-order valence-electron chi connectivity index (χ4n) is 3.75. The third-order valence-corrected chi connectivity index (χ3v) is 6.99. The van der Waals surface area contributed by atoms with Crippen LogP contribution in [0.3, 0.4) is 0 Å². The van der Waals surface area contributed by atoms with Crippen LogP contribution in [0.2, 0.25) is 0 Å². The van der Waals surface area contributed by atoms with Crippen LogP contribution in [-0.2, 0) is 10.2 Å². The van der Waals surface area contributed by atoms with Gasteiger partial charge >= 0.3 is 0 Å². The van der Waals surface area contributed by atoms with Crippen LogP contribution in [0.1, 0.15) is 58.8 Å². The van der Waals surface area contributed by atoms with Crippen LogP contribution < -0.4 is 0 Å². The van der Waals surface area contributed by atoms with Crippen LogP contribution in [0.5, 0.6) is 0 Å². The van der Waals surface area contributed by atoms with Crippen molar-refractivity contribution in [1.29, 1.82) is 0 Å². The number of hydrogen-bond donors (Lipinski definition) is 1. The van der Waals surface area contributed by atoms with Gasteiger partial charge in [-0.15, -0.1) is 0 Å². The van der Waals surface area contributed by atoms with Gasteiger partial charge in [0.25, 0.3) is 10.2 Å². The van der Waals surface area contributed by atoms with Crippen LogP contribution in [0, 0.1) is 5.92 Å². The Morgan fingerprint density at radius 1 is 1.19 bits per heavy atom. The molecule has 21 heavy (non-hydrogen) atoms. The Morgan fingerprint density at radius 3 is 2.48 bits per heavy atom. The predicted octanol–water partition coefficient (Wildman–Crippen LogP) is 1.98. The van der Waals surface area contributed by atoms with Crippen molar-refractivity contribution >= 4 is 10.2 Å². The molecule has 2 fully saturated rings. The summed E-state index contributed by atoms with van der Waals surface area (Å²) in [5, 5.41) is 10.7. The van der Waals surface area contributed by atoms with Gasteiger partial charge in [0.2, 0.25) is 0 Å². The first-order chi connectivity index (χ1) is 9.94. The number of hydrogen-bond acceptors (Lipinski definition) is 3. The molecule has 0 spiro atoms. The number of fused-ring (bicyclic) bond motifs is 1. The van der Waals surface area contributed by atoms with E-state index in [1.165, 1.54) is 0 Å². The highest BCUT2D eigenvalue weighted by Crippen LogP contribution is 2.40. The molecule has 2 atom stereocenters. The molecule has 124 valence electrons. The van der Waals surface area contributed by atoms with Crippen LogP contribution >= 0.6 is 0 Å². The normalized spacial score (nSPS) is 31.3. The van der Waals surface area contributed by atoms with Crippen molar-refractivity contribution in [3.8, 4) is 0 Å². The second-order valence-corrected chi connectivity index (χ2v) is 8.49. The Morgan fingerprint density at radius 2 is 1.86 bits per heavy atom. The van der Waals surface area contributed by atoms with E-state index in [1.54, 1.807) is 8.61 Å². The van der Waals surface area contributed by atoms with E-state index >= 15 is 0 Å². The molecule has 5 nitrogen and oxygen atoms in total. The number of nitrogens with zero attached hydrogens (tertiary/aromatic N) is 2. The highest BCUT2D eigenvalue weighted by Gasteiger charge is 2.46. The summed E-state index contributed by atoms with van der Waals surface area (Å²) in [6, 6.07) is 0. The van der Waals surface area contributed by atoms with Crippen molar-refractivity contribution in [3.63, 3.8) is 0 Å². The minimum atomic E-state index is -3.37. The molecule has 2 aliphatic rings. The summed E-state index contributed by atoms with van der Waals surface area (Å²) in [6.45, 7) is 6.13. The second kappa shape index (κ2) is 6.94. The molecule has 1 saturated heterocycles. The van der Waals surface area contributed by atoms with E-state index in [0.29, 0.717) is 32.6 Å². The summed E-state index contributed by atoms with van der Waals surface area (Å²) >= 11 is 0. The maximum absolute atomic E-state index is 12.8. The van der Waals surface area contributed by atoms with E-state index in [-0.39, 0.29) is 5.92 Å². The maximum Gasteiger partial charge on any atom is 0.281 e. The van der Waals surface area contributed by atoms with Gasteiger partial charge in [-0.1, -0.05) is 26.7 Å². The molecule has 1 aliphatic heterocycles. The molecule has 0 aromatic carbocycles. The van der Waals surface area contributed by atoms with Crippen molar-refractivity contribution in [2.24, 2.45) is 5.92 Å². The van der Waals surface area contributed by atoms with Crippen LogP contribution in [0.4, 0.5) is 0 Å². The minimum Gasteiger partial charge on any atom is -0.390 e. The molecular weight excluding hydrogens is 288 g/mol. The molecule has 6 heteroatoms. The first kappa shape index (κ1) is 17.2. The Labute approximate surface area is 129 Å². The fourth-order valence-corrected chi connectivity index (χ4v) is 5.60. The SMILES string of the molecule is CCCN(CCC)S(=O)(=O)N1CCC2(O)CCCCC2C1. The molecule has 2 rings (SSSR count). The molecule has 1 N–H and O–H groups in total. The van der Waals surface area contributed by atoms with Crippen LogP contribution in [0.25, 0.3) is 0 Å². The Kier molecular flexibility index (Phi) is 5.68. The van der Waals surface area contributed by atoms with E-state index in [2.05, 4.69) is 0 Å². The topological polar surface area (TPSA) is 60.9 Å². The fraction of sp³-hybridized carbons (Fsp3) is 1.00. The van der Waals surface area contributed by atoms with Gasteiger partial charge in [0.15, 0.2) is 0 Å². The van der Waals surface area contributed by atoms with Crippen LogP contribution in [0.15, 0.2) is 0 Å². The van der Waals surface area contributed by atoms with E-state index in [4.69, 9.17) is 0 Å². The zero-order valence-corrected chi connectivity index (χ0v) is 14.2. The summed E-state index contributed by atoms with van der Waals surface area (Å²) in [5.74, 6) is 0.111. The Bertz CT molecular complexity index is 434. The zero-order valence-electron chi connectivity index (χ0n) is 13.4. The quantitative estimate of drug-likeness (QED) is 0.814. The van der Waals surface area contributed by atoms with Crippen molar-refractivity contribution in [2.45, 2.75) is 64.4 Å². The summed E-state index contributed by atoms with van der Waals surface area (Å²) in [7, 11) is -3.37. The first-order valence-corrected chi connectivity index (χ1v) is 9.81. The molecule has 0 aromatic heterocycles. The monoisotopic (exact) mass is 318 g/mol. The molecule has 0 amide bonds. The van der Waals surface area contributed by atoms with Gasteiger partial charge in [-0.05, 0) is 32.1 Å². The maximum atomic E-state index is 12.8. The van der Waals surface area contributed by atoms with Crippen molar-refractivity contribution in [2.75, 3.05) is 26.2 Å². The van der Waals surface area contributed by atoms with E-state index in [9.17, 15) is 13.5 Å². The van der Waals surface area contributed by atoms with Gasteiger partial charge in [-0.3, -0.25) is 0 Å². The summed E-state index contributed by atoms with van der Waals surface area (Å²) < 4.78 is 28.9. The third-order valence-electron chi connectivity index (χ3n) is 4.99. The molecule has 0 radical (unpaired) electrons. The largest absolute Gasteiger partial charge is 0.390 e. The van der Waals surface area contributed by atoms with Crippen molar-refractivity contribution in [1.82, 2.24) is 8.61 Å². The standard InChI is InChI=1S/C15H30N2O3S/c1-3-10-16(11-4-2)21(19,20)17-12-9-15(18)8-6-5-7-14(15)13-17/h14,18H,3-13H2,1-2H3. The molecule has 0 aromatic rings. The highest BCUT2D eigenvalue weighted by atomic mass is 32.2. The average Bonchev–Trinajstić information content (AvgIpc) is 2.46. The molecular formula is C15H30N2O3S. The minimum absolute atomic E-state index is 0.111. The van der Waals surface area contributed by atoms with Gasteiger partial charge in [0.05, 0.1) is 5.60 Å². The number of rotatable bonds is 6. The lowest BCUT2D eigenvalue weighted by atomic mass is 9.72. The highest BCUT2D eigenvalue weighted by molar-refractivity contribution is 7.86. The van der Waals surface area contributed by atoms with E-state index in [0.717, 1.165) is 38.5 Å². The van der Waals surface area contributed by atoms with Crippen LogP contribution in [-0.4, -0.2) is 53.9 Å². The number of piperidine rings is 1. The summed E-state index contributed by atoms with van der Waals surface area (Å²) in [6.07, 6.45) is 6.21. The lowest BCUT2D eigenvalue weighted by molar-refractivity contribution is -0.0823. The predicted molar refractivity (Wildman–Crippen MR) is 84.2 cm³/mol. The molecule has 1 aliphatic carbocycles. The number of aliphatic hydroxyl groups is 1. The second-order valence-electron chi connectivity index (χ2n) is 6.56. The molecule has 1 heterocycles.